The molecule has 0 aliphatic heterocycles. The lowest BCUT2D eigenvalue weighted by Crippen LogP contribution is -2.06. The smallest absolute Gasteiger partial charge is 0.222 e. The van der Waals surface area contributed by atoms with Gasteiger partial charge in [0.25, 0.3) is 0 Å². The van der Waals surface area contributed by atoms with Crippen molar-refractivity contribution in [3.63, 3.8) is 0 Å². The van der Waals surface area contributed by atoms with Gasteiger partial charge in [-0.3, -0.25) is 0 Å². The van der Waals surface area contributed by atoms with E-state index in [0.29, 0.717) is 6.54 Å². The van der Waals surface area contributed by atoms with Crippen LogP contribution in [0.25, 0.3) is 0 Å². The Kier molecular flexibility index (Phi) is 3.57. The molecule has 0 spiro atoms. The number of halogens is 1. The summed E-state index contributed by atoms with van der Waals surface area (Å²) >= 11 is 0. The summed E-state index contributed by atoms with van der Waals surface area (Å²) in [4.78, 5) is 7.33. The highest BCUT2D eigenvalue weighted by Crippen LogP contribution is 2.14. The molecule has 0 radical (unpaired) electrons. The fraction of sp³-hybridized carbons (Fsp3) is 0.167. The van der Waals surface area contributed by atoms with Gasteiger partial charge in [-0.15, -0.1) is 0 Å². The Bertz CT molecular complexity index is 530. The fourth-order valence-electron chi connectivity index (χ4n) is 1.43. The first-order valence-electron chi connectivity index (χ1n) is 5.34. The van der Waals surface area contributed by atoms with E-state index in [1.807, 2.05) is 24.3 Å². The lowest BCUT2D eigenvalue weighted by molar-refractivity contribution is 0.414. The maximum Gasteiger partial charge on any atom is 0.222 e. The summed E-state index contributed by atoms with van der Waals surface area (Å²) in [5, 5.41) is 2.86. The molecule has 0 atom stereocenters. The van der Waals surface area contributed by atoms with E-state index in [9.17, 15) is 4.39 Å². The molecule has 0 aliphatic carbocycles. The van der Waals surface area contributed by atoms with Crippen LogP contribution in [0, 0.1) is 5.82 Å². The average Bonchev–Trinajstić information content (AvgIpc) is 2.40. The number of rotatable bonds is 4. The normalized spacial score (nSPS) is 10.1. The zero-order chi connectivity index (χ0) is 13.0. The van der Waals surface area contributed by atoms with E-state index in [4.69, 9.17) is 10.5 Å². The summed E-state index contributed by atoms with van der Waals surface area (Å²) in [5.41, 5.74) is 6.37. The molecule has 1 aromatic carbocycles. The number of hydrogen-bond donors (Lipinski definition) is 2. The van der Waals surface area contributed by atoms with E-state index in [2.05, 4.69) is 15.3 Å². The Balaban J connectivity index is 2.04. The Morgan fingerprint density at radius 3 is 2.72 bits per heavy atom. The Morgan fingerprint density at radius 2 is 2.06 bits per heavy atom. The number of nitrogens with two attached hydrogens (primary N) is 1. The van der Waals surface area contributed by atoms with Gasteiger partial charge in [-0.1, -0.05) is 12.1 Å². The number of ether oxygens (including phenoxy) is 1. The number of nitrogen functional groups attached to an aromatic ring is 1. The van der Waals surface area contributed by atoms with Crippen LogP contribution in [-0.2, 0) is 6.54 Å². The minimum absolute atomic E-state index is 0.0358. The maximum atomic E-state index is 13.3. The first-order chi connectivity index (χ1) is 8.69. The largest absolute Gasteiger partial charge is 0.497 e. The third-order valence-electron chi connectivity index (χ3n) is 2.38. The molecule has 6 heteroatoms. The number of nitrogens with one attached hydrogen (secondary N) is 1. The molecular formula is C12H13FN4O. The van der Waals surface area contributed by atoms with Gasteiger partial charge in [-0.2, -0.15) is 4.98 Å². The summed E-state index contributed by atoms with van der Waals surface area (Å²) in [6, 6.07) is 7.44. The van der Waals surface area contributed by atoms with Crippen molar-refractivity contribution in [2.45, 2.75) is 6.54 Å². The first-order valence-corrected chi connectivity index (χ1v) is 5.34. The number of hydrogen-bond acceptors (Lipinski definition) is 5. The Morgan fingerprint density at radius 1 is 1.33 bits per heavy atom. The van der Waals surface area contributed by atoms with Crippen LogP contribution in [0.5, 0.6) is 5.75 Å². The van der Waals surface area contributed by atoms with Gasteiger partial charge in [0, 0.05) is 6.54 Å². The Hall–Kier alpha value is -2.37. The molecule has 94 valence electrons. The van der Waals surface area contributed by atoms with Crippen molar-refractivity contribution in [1.82, 2.24) is 9.97 Å². The van der Waals surface area contributed by atoms with Crippen molar-refractivity contribution in [3.05, 3.63) is 41.8 Å². The van der Waals surface area contributed by atoms with Gasteiger partial charge in [0.2, 0.25) is 5.95 Å². The van der Waals surface area contributed by atoms with Crippen molar-refractivity contribution >= 4 is 11.8 Å². The minimum atomic E-state index is -0.530. The predicted molar refractivity (Wildman–Crippen MR) is 66.7 cm³/mol. The Labute approximate surface area is 104 Å². The molecule has 0 unspecified atom stereocenters. The summed E-state index contributed by atoms with van der Waals surface area (Å²) in [7, 11) is 1.60. The fourth-order valence-corrected chi connectivity index (χ4v) is 1.43. The molecule has 3 N–H and O–H groups in total. The first kappa shape index (κ1) is 12.1. The number of benzene rings is 1. The van der Waals surface area contributed by atoms with E-state index in [1.54, 1.807) is 7.11 Å². The van der Waals surface area contributed by atoms with Crippen LogP contribution in [0.1, 0.15) is 5.56 Å². The molecule has 5 nitrogen and oxygen atoms in total. The van der Waals surface area contributed by atoms with E-state index in [-0.39, 0.29) is 11.8 Å². The summed E-state index contributed by atoms with van der Waals surface area (Å²) in [6.45, 7) is 0.442. The van der Waals surface area contributed by atoms with E-state index in [1.165, 1.54) is 0 Å². The SMILES string of the molecule is COc1ccc(CNc2nc(N)ncc2F)cc1. The summed E-state index contributed by atoms with van der Waals surface area (Å²) in [6.07, 6.45) is 1.04. The molecule has 0 amide bonds. The number of anilines is 2. The van der Waals surface area contributed by atoms with Crippen molar-refractivity contribution in [1.29, 1.82) is 0 Å². The second kappa shape index (κ2) is 5.31. The molecule has 0 bridgehead atoms. The molecular weight excluding hydrogens is 235 g/mol. The van der Waals surface area contributed by atoms with Gasteiger partial charge >= 0.3 is 0 Å². The van der Waals surface area contributed by atoms with Crippen LogP contribution < -0.4 is 15.8 Å². The lowest BCUT2D eigenvalue weighted by Gasteiger charge is -2.07. The van der Waals surface area contributed by atoms with Crippen LogP contribution >= 0.6 is 0 Å². The van der Waals surface area contributed by atoms with E-state index in [0.717, 1.165) is 17.5 Å². The van der Waals surface area contributed by atoms with Crippen LogP contribution in [0.3, 0.4) is 0 Å². The standard InChI is InChI=1S/C12H13FN4O/c1-18-9-4-2-8(3-5-9)6-15-11-10(13)7-16-12(14)17-11/h2-5,7H,6H2,1H3,(H3,14,15,16,17). The number of aromatic nitrogens is 2. The zero-order valence-corrected chi connectivity index (χ0v) is 9.85. The van der Waals surface area contributed by atoms with Gasteiger partial charge in [0.15, 0.2) is 11.6 Å². The van der Waals surface area contributed by atoms with Gasteiger partial charge < -0.3 is 15.8 Å². The zero-order valence-electron chi connectivity index (χ0n) is 9.85. The maximum absolute atomic E-state index is 13.3. The molecule has 1 heterocycles. The topological polar surface area (TPSA) is 73.1 Å². The molecule has 0 saturated heterocycles. The van der Waals surface area contributed by atoms with E-state index >= 15 is 0 Å². The lowest BCUT2D eigenvalue weighted by atomic mass is 10.2. The van der Waals surface area contributed by atoms with Gasteiger partial charge in [-0.05, 0) is 17.7 Å². The number of nitrogens with zero attached hydrogens (tertiary/aromatic N) is 2. The highest BCUT2D eigenvalue weighted by Gasteiger charge is 2.04. The summed E-state index contributed by atoms with van der Waals surface area (Å²) in [5.74, 6) is 0.376. The third-order valence-corrected chi connectivity index (χ3v) is 2.38. The third kappa shape index (κ3) is 2.85. The van der Waals surface area contributed by atoms with Crippen molar-refractivity contribution in [3.8, 4) is 5.75 Å². The molecule has 1 aromatic heterocycles. The molecule has 2 aromatic rings. The van der Waals surface area contributed by atoms with Crippen molar-refractivity contribution in [2.75, 3.05) is 18.2 Å². The second-order valence-corrected chi connectivity index (χ2v) is 3.63. The molecule has 18 heavy (non-hydrogen) atoms. The van der Waals surface area contributed by atoms with Gasteiger partial charge in [0.05, 0.1) is 13.3 Å². The second-order valence-electron chi connectivity index (χ2n) is 3.63. The molecule has 2 rings (SSSR count). The quantitative estimate of drug-likeness (QED) is 0.863. The molecule has 0 fully saturated rings. The van der Waals surface area contributed by atoms with Crippen LogP contribution in [0.2, 0.25) is 0 Å². The highest BCUT2D eigenvalue weighted by molar-refractivity contribution is 5.40. The van der Waals surface area contributed by atoms with E-state index < -0.39 is 5.82 Å². The van der Waals surface area contributed by atoms with Crippen LogP contribution in [0.15, 0.2) is 30.5 Å². The predicted octanol–water partition coefficient (Wildman–Crippen LogP) is 1.82. The number of methoxy groups -OCH3 is 1. The monoisotopic (exact) mass is 248 g/mol. The van der Waals surface area contributed by atoms with Gasteiger partial charge in [-0.25, -0.2) is 9.37 Å². The average molecular weight is 248 g/mol. The van der Waals surface area contributed by atoms with Gasteiger partial charge in [0.1, 0.15) is 5.75 Å². The molecule has 0 saturated carbocycles. The van der Waals surface area contributed by atoms with Crippen LogP contribution in [-0.4, -0.2) is 17.1 Å². The minimum Gasteiger partial charge on any atom is -0.497 e. The van der Waals surface area contributed by atoms with Crippen LogP contribution in [0.4, 0.5) is 16.2 Å². The van der Waals surface area contributed by atoms with Crippen molar-refractivity contribution < 1.29 is 9.13 Å². The summed E-state index contributed by atoms with van der Waals surface area (Å²) < 4.78 is 18.4. The highest BCUT2D eigenvalue weighted by atomic mass is 19.1. The molecule has 0 aliphatic rings. The van der Waals surface area contributed by atoms with Crippen molar-refractivity contribution in [2.24, 2.45) is 0 Å².